The van der Waals surface area contributed by atoms with E-state index in [0.29, 0.717) is 39.2 Å². The normalized spacial score (nSPS) is 14.6. The van der Waals surface area contributed by atoms with Gasteiger partial charge in [0.2, 0.25) is 0 Å². The Labute approximate surface area is 156 Å². The standard InChI is InChI=1S/C19H21FN4O3/c1-2-27-17-5-4-14(12-15(17)20)18(25)23-8-3-9-24(11-10-23)19(26)16-13-21-6-7-22-16/h4-7,12-13H,2-3,8-11H2,1H3. The van der Waals surface area contributed by atoms with Crippen molar-refractivity contribution in [1.82, 2.24) is 19.8 Å². The molecule has 2 aromatic rings. The quantitative estimate of drug-likeness (QED) is 0.821. The number of nitrogens with zero attached hydrogens (tertiary/aromatic N) is 4. The molecule has 0 unspecified atom stereocenters. The zero-order valence-corrected chi connectivity index (χ0v) is 15.1. The summed E-state index contributed by atoms with van der Waals surface area (Å²) in [5, 5.41) is 0. The Morgan fingerprint density at radius 3 is 2.48 bits per heavy atom. The fourth-order valence-electron chi connectivity index (χ4n) is 2.98. The van der Waals surface area contributed by atoms with E-state index in [1.165, 1.54) is 30.7 Å². The van der Waals surface area contributed by atoms with Crippen molar-refractivity contribution in [2.24, 2.45) is 0 Å². The van der Waals surface area contributed by atoms with E-state index < -0.39 is 5.82 Å². The highest BCUT2D eigenvalue weighted by Crippen LogP contribution is 2.20. The summed E-state index contributed by atoms with van der Waals surface area (Å²) < 4.78 is 19.2. The van der Waals surface area contributed by atoms with Crippen LogP contribution < -0.4 is 4.74 Å². The highest BCUT2D eigenvalue weighted by atomic mass is 19.1. The Hall–Kier alpha value is -3.03. The molecule has 0 radical (unpaired) electrons. The smallest absolute Gasteiger partial charge is 0.274 e. The van der Waals surface area contributed by atoms with Crippen LogP contribution in [-0.2, 0) is 0 Å². The third-order valence-corrected chi connectivity index (χ3v) is 4.33. The lowest BCUT2D eigenvalue weighted by Crippen LogP contribution is -2.37. The SMILES string of the molecule is CCOc1ccc(C(=O)N2CCCN(C(=O)c3cnccn3)CC2)cc1F. The van der Waals surface area contributed by atoms with Gasteiger partial charge < -0.3 is 14.5 Å². The topological polar surface area (TPSA) is 75.6 Å². The third kappa shape index (κ3) is 4.39. The second-order valence-electron chi connectivity index (χ2n) is 6.11. The van der Waals surface area contributed by atoms with Gasteiger partial charge in [0.05, 0.1) is 12.8 Å². The van der Waals surface area contributed by atoms with Crippen LogP contribution in [0.25, 0.3) is 0 Å². The summed E-state index contributed by atoms with van der Waals surface area (Å²) in [5.41, 5.74) is 0.551. The van der Waals surface area contributed by atoms with Crippen molar-refractivity contribution in [3.8, 4) is 5.75 Å². The minimum Gasteiger partial charge on any atom is -0.491 e. The zero-order valence-electron chi connectivity index (χ0n) is 15.1. The Bertz CT molecular complexity index is 816. The van der Waals surface area contributed by atoms with Gasteiger partial charge in [-0.05, 0) is 31.5 Å². The molecule has 0 spiro atoms. The molecular formula is C19H21FN4O3. The van der Waals surface area contributed by atoms with Crippen LogP contribution in [0.5, 0.6) is 5.75 Å². The summed E-state index contributed by atoms with van der Waals surface area (Å²) in [5.74, 6) is -0.891. The summed E-state index contributed by atoms with van der Waals surface area (Å²) in [6.45, 7) is 3.91. The predicted octanol–water partition coefficient (Wildman–Crippen LogP) is 2.00. The fraction of sp³-hybridized carbons (Fsp3) is 0.368. The van der Waals surface area contributed by atoms with Crippen LogP contribution >= 0.6 is 0 Å². The molecule has 142 valence electrons. The highest BCUT2D eigenvalue weighted by Gasteiger charge is 2.24. The van der Waals surface area contributed by atoms with Gasteiger partial charge >= 0.3 is 0 Å². The van der Waals surface area contributed by atoms with Crippen molar-refractivity contribution in [3.63, 3.8) is 0 Å². The van der Waals surface area contributed by atoms with Crippen molar-refractivity contribution in [1.29, 1.82) is 0 Å². The maximum absolute atomic E-state index is 14.0. The highest BCUT2D eigenvalue weighted by molar-refractivity contribution is 5.95. The lowest BCUT2D eigenvalue weighted by atomic mass is 10.1. The van der Waals surface area contributed by atoms with Gasteiger partial charge in [-0.15, -0.1) is 0 Å². The molecule has 1 aliphatic heterocycles. The molecule has 0 saturated carbocycles. The van der Waals surface area contributed by atoms with Crippen LogP contribution in [0.3, 0.4) is 0 Å². The summed E-state index contributed by atoms with van der Waals surface area (Å²) in [6.07, 6.45) is 5.05. The number of carbonyl (C=O) groups excluding carboxylic acids is 2. The van der Waals surface area contributed by atoms with Crippen molar-refractivity contribution in [3.05, 3.63) is 53.9 Å². The van der Waals surface area contributed by atoms with Crippen LogP contribution in [0, 0.1) is 5.82 Å². The average molecular weight is 372 g/mol. The Morgan fingerprint density at radius 1 is 1.11 bits per heavy atom. The molecule has 1 aromatic carbocycles. The van der Waals surface area contributed by atoms with Crippen LogP contribution in [0.4, 0.5) is 4.39 Å². The van der Waals surface area contributed by atoms with E-state index in [2.05, 4.69) is 9.97 Å². The van der Waals surface area contributed by atoms with Gasteiger partial charge in [0.25, 0.3) is 11.8 Å². The molecule has 3 rings (SSSR count). The Kier molecular flexibility index (Phi) is 5.95. The molecule has 2 heterocycles. The van der Waals surface area contributed by atoms with E-state index in [9.17, 15) is 14.0 Å². The maximum Gasteiger partial charge on any atom is 0.274 e. The van der Waals surface area contributed by atoms with Gasteiger partial charge in [0, 0.05) is 44.1 Å². The lowest BCUT2D eigenvalue weighted by Gasteiger charge is -2.22. The van der Waals surface area contributed by atoms with E-state index in [0.717, 1.165) is 0 Å². The van der Waals surface area contributed by atoms with Crippen molar-refractivity contribution < 1.29 is 18.7 Å². The molecule has 0 N–H and O–H groups in total. The van der Waals surface area contributed by atoms with Crippen LogP contribution in [0.2, 0.25) is 0 Å². The second kappa shape index (κ2) is 8.57. The number of hydrogen-bond acceptors (Lipinski definition) is 5. The Balaban J connectivity index is 1.66. The minimum absolute atomic E-state index is 0.130. The molecule has 1 aliphatic rings. The van der Waals surface area contributed by atoms with Crippen LogP contribution in [0.15, 0.2) is 36.8 Å². The number of benzene rings is 1. The van der Waals surface area contributed by atoms with Gasteiger partial charge in [-0.3, -0.25) is 14.6 Å². The van der Waals surface area contributed by atoms with E-state index in [4.69, 9.17) is 4.74 Å². The number of carbonyl (C=O) groups is 2. The monoisotopic (exact) mass is 372 g/mol. The number of ether oxygens (including phenoxy) is 1. The van der Waals surface area contributed by atoms with Gasteiger partial charge in [0.15, 0.2) is 11.6 Å². The molecule has 0 atom stereocenters. The van der Waals surface area contributed by atoms with Crippen molar-refractivity contribution in [2.75, 3.05) is 32.8 Å². The summed E-state index contributed by atoms with van der Waals surface area (Å²) in [7, 11) is 0. The van der Waals surface area contributed by atoms with E-state index in [1.54, 1.807) is 22.8 Å². The number of aromatic nitrogens is 2. The molecular weight excluding hydrogens is 351 g/mol. The maximum atomic E-state index is 14.0. The number of amides is 2. The van der Waals surface area contributed by atoms with E-state index >= 15 is 0 Å². The molecule has 1 aromatic heterocycles. The molecule has 1 fully saturated rings. The molecule has 8 heteroatoms. The van der Waals surface area contributed by atoms with Gasteiger partial charge in [-0.2, -0.15) is 0 Å². The summed E-state index contributed by atoms with van der Waals surface area (Å²) in [4.78, 5) is 36.5. The first-order chi connectivity index (χ1) is 13.1. The zero-order chi connectivity index (χ0) is 19.2. The first-order valence-corrected chi connectivity index (χ1v) is 8.87. The molecule has 0 aliphatic carbocycles. The van der Waals surface area contributed by atoms with Gasteiger partial charge in [-0.25, -0.2) is 9.37 Å². The molecule has 0 bridgehead atoms. The van der Waals surface area contributed by atoms with Crippen molar-refractivity contribution in [2.45, 2.75) is 13.3 Å². The first-order valence-electron chi connectivity index (χ1n) is 8.87. The van der Waals surface area contributed by atoms with Crippen molar-refractivity contribution >= 4 is 11.8 Å². The number of hydrogen-bond donors (Lipinski definition) is 0. The first kappa shape index (κ1) is 18.8. The van der Waals surface area contributed by atoms with Gasteiger partial charge in [0.1, 0.15) is 5.69 Å². The second-order valence-corrected chi connectivity index (χ2v) is 6.11. The molecule has 7 nitrogen and oxygen atoms in total. The van der Waals surface area contributed by atoms with Crippen LogP contribution in [-0.4, -0.2) is 64.4 Å². The number of rotatable bonds is 4. The molecule has 1 saturated heterocycles. The summed E-state index contributed by atoms with van der Waals surface area (Å²) >= 11 is 0. The molecule has 2 amide bonds. The largest absolute Gasteiger partial charge is 0.491 e. The predicted molar refractivity (Wildman–Crippen MR) is 96.0 cm³/mol. The molecule has 27 heavy (non-hydrogen) atoms. The van der Waals surface area contributed by atoms with E-state index in [1.807, 2.05) is 0 Å². The summed E-state index contributed by atoms with van der Waals surface area (Å²) in [6, 6.07) is 4.22. The fourth-order valence-corrected chi connectivity index (χ4v) is 2.98. The van der Waals surface area contributed by atoms with Gasteiger partial charge in [-0.1, -0.05) is 0 Å². The average Bonchev–Trinajstić information content (AvgIpc) is 2.95. The van der Waals surface area contributed by atoms with Crippen LogP contribution in [0.1, 0.15) is 34.2 Å². The minimum atomic E-state index is -0.558. The third-order valence-electron chi connectivity index (χ3n) is 4.33. The van der Waals surface area contributed by atoms with E-state index in [-0.39, 0.29) is 28.8 Å². The number of halogens is 1. The lowest BCUT2D eigenvalue weighted by molar-refractivity contribution is 0.0715. The Morgan fingerprint density at radius 2 is 1.85 bits per heavy atom.